The third kappa shape index (κ3) is 4.14. The van der Waals surface area contributed by atoms with Crippen molar-refractivity contribution in [2.75, 3.05) is 17.7 Å². The second-order valence-electron chi connectivity index (χ2n) is 6.78. The molecule has 1 aliphatic rings. The van der Waals surface area contributed by atoms with E-state index >= 15 is 0 Å². The number of ether oxygens (including phenoxy) is 1. The molecule has 0 aliphatic carbocycles. The first kappa shape index (κ1) is 20.9. The van der Waals surface area contributed by atoms with Gasteiger partial charge in [0.25, 0.3) is 5.91 Å². The predicted molar refractivity (Wildman–Crippen MR) is 101 cm³/mol. The number of hydrogen-bond donors (Lipinski definition) is 2. The number of carbonyl (C=O) groups excluding carboxylic acids is 2. The summed E-state index contributed by atoms with van der Waals surface area (Å²) in [5.41, 5.74) is 4.12. The number of rotatable bonds is 6. The minimum Gasteiger partial charge on any atom is -0.444 e. The molecule has 2 atom stereocenters. The Balaban J connectivity index is 2.21. The van der Waals surface area contributed by atoms with E-state index in [1.165, 1.54) is 17.3 Å². The number of carbonyl (C=O) groups is 2. The Hall–Kier alpha value is -2.39. The molecule has 1 saturated heterocycles. The zero-order valence-corrected chi connectivity index (χ0v) is 16.5. The molecule has 0 aromatic heterocycles. The van der Waals surface area contributed by atoms with Crippen LogP contribution in [0.1, 0.15) is 32.8 Å². The van der Waals surface area contributed by atoms with E-state index in [0.717, 1.165) is 17.4 Å². The van der Waals surface area contributed by atoms with E-state index in [0.29, 0.717) is 5.69 Å². The van der Waals surface area contributed by atoms with E-state index in [1.54, 1.807) is 12.1 Å². The molecule has 1 aromatic rings. The maximum absolute atomic E-state index is 12.2. The van der Waals surface area contributed by atoms with Crippen molar-refractivity contribution >= 4 is 33.1 Å². The predicted octanol–water partition coefficient (Wildman–Crippen LogP) is 2.13. The van der Waals surface area contributed by atoms with Gasteiger partial charge in [0.1, 0.15) is 6.10 Å². The molecule has 0 saturated carbocycles. The number of anilines is 1. The molecular weight excluding hydrogens is 372 g/mol. The number of benzene rings is 1. The quantitative estimate of drug-likeness (QED) is 0.563. The summed E-state index contributed by atoms with van der Waals surface area (Å²) in [5, 5.41) is 8.89. The minimum atomic E-state index is -3.87. The van der Waals surface area contributed by atoms with Gasteiger partial charge in [0.2, 0.25) is 0 Å². The van der Waals surface area contributed by atoms with Crippen molar-refractivity contribution in [3.8, 4) is 0 Å². The van der Waals surface area contributed by atoms with Gasteiger partial charge in [0.15, 0.2) is 14.6 Å². The van der Waals surface area contributed by atoms with Gasteiger partial charge in [0.05, 0.1) is 6.54 Å². The Bertz CT molecular complexity index is 862. The van der Waals surface area contributed by atoms with Crippen LogP contribution in [0, 0.1) is 0 Å². The average Bonchev–Trinajstić information content (AvgIpc) is 2.99. The third-order valence-corrected chi connectivity index (χ3v) is 6.95. The zero-order chi connectivity index (χ0) is 20.4. The summed E-state index contributed by atoms with van der Waals surface area (Å²) in [4.78, 5) is 25.5. The molecule has 0 spiro atoms. The van der Waals surface area contributed by atoms with Crippen LogP contribution in [0.4, 0.5) is 10.5 Å². The van der Waals surface area contributed by atoms with Crippen molar-refractivity contribution in [2.45, 2.75) is 38.0 Å². The number of cyclic esters (lactones) is 1. The number of amides is 2. The van der Waals surface area contributed by atoms with E-state index in [2.05, 4.69) is 0 Å². The SMILES string of the molecule is CC=C(C)c1ccc(N2C[C@H](C[C@](C)(C(=O)NO)S(C)(=O)=O)OC2=O)cc1. The van der Waals surface area contributed by atoms with Gasteiger partial charge in [-0.15, -0.1) is 0 Å². The number of hydroxylamine groups is 1. The monoisotopic (exact) mass is 396 g/mol. The average molecular weight is 396 g/mol. The molecule has 0 unspecified atom stereocenters. The Morgan fingerprint density at radius 3 is 2.48 bits per heavy atom. The second kappa shape index (κ2) is 7.69. The number of nitrogens with zero attached hydrogens (tertiary/aromatic N) is 1. The van der Waals surface area contributed by atoms with Crippen molar-refractivity contribution in [3.05, 3.63) is 35.9 Å². The summed E-state index contributed by atoms with van der Waals surface area (Å²) >= 11 is 0. The summed E-state index contributed by atoms with van der Waals surface area (Å²) in [6.45, 7) is 5.21. The fourth-order valence-electron chi connectivity index (χ4n) is 2.87. The summed E-state index contributed by atoms with van der Waals surface area (Å²) in [7, 11) is -3.87. The van der Waals surface area contributed by atoms with E-state index < -0.39 is 32.7 Å². The van der Waals surface area contributed by atoms with Crippen LogP contribution in [0.2, 0.25) is 0 Å². The number of hydrogen-bond acceptors (Lipinski definition) is 6. The standard InChI is InChI=1S/C18H24N2O6S/c1-5-12(2)13-6-8-14(9-7-13)20-11-15(26-17(20)22)10-18(3,16(21)19-23)27(4,24)25/h5-9,15,23H,10-11H2,1-4H3,(H,19,21)/t15-,18+/m0/s1. The largest absolute Gasteiger partial charge is 0.444 e. The van der Waals surface area contributed by atoms with Gasteiger partial charge in [-0.3, -0.25) is 14.9 Å². The lowest BCUT2D eigenvalue weighted by molar-refractivity contribution is -0.132. The first-order chi connectivity index (χ1) is 12.5. The third-order valence-electron chi connectivity index (χ3n) is 4.96. The Morgan fingerprint density at radius 1 is 1.41 bits per heavy atom. The highest BCUT2D eigenvalue weighted by Gasteiger charge is 2.48. The summed E-state index contributed by atoms with van der Waals surface area (Å²) < 4.78 is 27.5. The molecule has 8 nitrogen and oxygen atoms in total. The van der Waals surface area contributed by atoms with Crippen LogP contribution >= 0.6 is 0 Å². The van der Waals surface area contributed by atoms with Crippen LogP contribution in [0.25, 0.3) is 5.57 Å². The highest BCUT2D eigenvalue weighted by atomic mass is 32.2. The lowest BCUT2D eigenvalue weighted by Gasteiger charge is -2.26. The van der Waals surface area contributed by atoms with Gasteiger partial charge in [-0.25, -0.2) is 18.7 Å². The molecule has 1 fully saturated rings. The second-order valence-corrected chi connectivity index (χ2v) is 9.23. The summed E-state index contributed by atoms with van der Waals surface area (Å²) in [6.07, 6.45) is 1.19. The molecule has 1 aliphatic heterocycles. The van der Waals surface area contributed by atoms with Gasteiger partial charge in [0, 0.05) is 18.4 Å². The number of nitrogens with one attached hydrogen (secondary N) is 1. The molecule has 2 N–H and O–H groups in total. The fourth-order valence-corrected chi connectivity index (χ4v) is 3.75. The molecule has 2 rings (SSSR count). The first-order valence-electron chi connectivity index (χ1n) is 8.39. The highest BCUT2D eigenvalue weighted by Crippen LogP contribution is 2.30. The van der Waals surface area contributed by atoms with Crippen LogP contribution in [0.15, 0.2) is 30.3 Å². The Labute approximate surface area is 158 Å². The van der Waals surface area contributed by atoms with E-state index in [1.807, 2.05) is 32.1 Å². The molecule has 0 bridgehead atoms. The maximum Gasteiger partial charge on any atom is 0.414 e. The number of allylic oxidation sites excluding steroid dienone is 2. The Kier molecular flexibility index (Phi) is 5.96. The number of sulfone groups is 1. The summed E-state index contributed by atoms with van der Waals surface area (Å²) in [6, 6.07) is 7.32. The lowest BCUT2D eigenvalue weighted by atomic mass is 10.0. The topological polar surface area (TPSA) is 113 Å². The highest BCUT2D eigenvalue weighted by molar-refractivity contribution is 7.92. The normalized spacial score (nSPS) is 20.2. The van der Waals surface area contributed by atoms with Crippen LogP contribution < -0.4 is 10.4 Å². The van der Waals surface area contributed by atoms with Crippen LogP contribution in [-0.2, 0) is 19.4 Å². The van der Waals surface area contributed by atoms with Crippen molar-refractivity contribution in [2.24, 2.45) is 0 Å². The van der Waals surface area contributed by atoms with E-state index in [-0.39, 0.29) is 13.0 Å². The fraction of sp³-hybridized carbons (Fsp3) is 0.444. The van der Waals surface area contributed by atoms with Crippen LogP contribution in [-0.4, -0.2) is 49.3 Å². The van der Waals surface area contributed by atoms with Gasteiger partial charge in [-0.05, 0) is 44.0 Å². The zero-order valence-electron chi connectivity index (χ0n) is 15.7. The van der Waals surface area contributed by atoms with Gasteiger partial charge in [-0.2, -0.15) is 0 Å². The van der Waals surface area contributed by atoms with Gasteiger partial charge < -0.3 is 4.74 Å². The van der Waals surface area contributed by atoms with Crippen molar-refractivity contribution in [3.63, 3.8) is 0 Å². The molecule has 9 heteroatoms. The molecule has 1 heterocycles. The van der Waals surface area contributed by atoms with Crippen molar-refractivity contribution in [1.82, 2.24) is 5.48 Å². The molecule has 1 aromatic carbocycles. The smallest absolute Gasteiger partial charge is 0.414 e. The van der Waals surface area contributed by atoms with E-state index in [9.17, 15) is 18.0 Å². The lowest BCUT2D eigenvalue weighted by Crippen LogP contribution is -2.51. The van der Waals surface area contributed by atoms with Crippen LogP contribution in [0.5, 0.6) is 0 Å². The van der Waals surface area contributed by atoms with Crippen molar-refractivity contribution < 1.29 is 28.0 Å². The first-order valence-corrected chi connectivity index (χ1v) is 10.3. The van der Waals surface area contributed by atoms with Crippen LogP contribution in [0.3, 0.4) is 0 Å². The van der Waals surface area contributed by atoms with E-state index in [4.69, 9.17) is 9.94 Å². The summed E-state index contributed by atoms with van der Waals surface area (Å²) in [5.74, 6) is -1.06. The molecule has 148 valence electrons. The van der Waals surface area contributed by atoms with Gasteiger partial charge >= 0.3 is 6.09 Å². The Morgan fingerprint density at radius 2 is 2.00 bits per heavy atom. The molecule has 2 amide bonds. The molecular formula is C18H24N2O6S. The van der Waals surface area contributed by atoms with Gasteiger partial charge in [-0.1, -0.05) is 18.2 Å². The molecule has 27 heavy (non-hydrogen) atoms. The minimum absolute atomic E-state index is 0.102. The van der Waals surface area contributed by atoms with Crippen molar-refractivity contribution in [1.29, 1.82) is 0 Å². The molecule has 0 radical (unpaired) electrons. The maximum atomic E-state index is 12.2.